The summed E-state index contributed by atoms with van der Waals surface area (Å²) in [6, 6.07) is 0. The van der Waals surface area contributed by atoms with Crippen LogP contribution in [-0.2, 0) is 42.9 Å². The summed E-state index contributed by atoms with van der Waals surface area (Å²) in [4.78, 5) is 50.9. The molecule has 0 amide bonds. The topological polar surface area (TPSA) is 175 Å². The van der Waals surface area contributed by atoms with Crippen molar-refractivity contribution in [3.05, 3.63) is 36.5 Å². The highest BCUT2D eigenvalue weighted by atomic mass is 16.7. The second-order valence-electron chi connectivity index (χ2n) is 19.2. The van der Waals surface area contributed by atoms with Crippen LogP contribution in [-0.4, -0.2) is 89.2 Å². The molecular formula is C57H100O12. The van der Waals surface area contributed by atoms with Gasteiger partial charge in [-0.15, -0.1) is 0 Å². The van der Waals surface area contributed by atoms with Gasteiger partial charge in [-0.05, 0) is 51.4 Å². The number of unbranched alkanes of at least 4 members (excludes halogenated alkanes) is 27. The van der Waals surface area contributed by atoms with Gasteiger partial charge in [-0.25, -0.2) is 4.79 Å². The Morgan fingerprint density at radius 3 is 1.39 bits per heavy atom. The van der Waals surface area contributed by atoms with E-state index in [0.29, 0.717) is 19.3 Å². The van der Waals surface area contributed by atoms with Crippen LogP contribution in [0.5, 0.6) is 0 Å². The van der Waals surface area contributed by atoms with Crippen molar-refractivity contribution in [2.24, 2.45) is 0 Å². The molecule has 1 heterocycles. The minimum atomic E-state index is -1.90. The van der Waals surface area contributed by atoms with Crippen molar-refractivity contribution in [2.75, 3.05) is 13.2 Å². The number of carbonyl (C=O) groups excluding carboxylic acids is 3. The zero-order valence-electron chi connectivity index (χ0n) is 43.8. The molecule has 400 valence electrons. The van der Waals surface area contributed by atoms with E-state index in [9.17, 15) is 34.5 Å². The van der Waals surface area contributed by atoms with Crippen molar-refractivity contribution in [1.82, 2.24) is 0 Å². The molecule has 0 spiro atoms. The highest BCUT2D eigenvalue weighted by Gasteiger charge is 2.50. The first-order valence-electron chi connectivity index (χ1n) is 28.0. The minimum absolute atomic E-state index is 0.0628. The zero-order chi connectivity index (χ0) is 50.4. The van der Waals surface area contributed by atoms with E-state index in [2.05, 4.69) is 57.2 Å². The van der Waals surface area contributed by atoms with Gasteiger partial charge in [-0.2, -0.15) is 0 Å². The fourth-order valence-corrected chi connectivity index (χ4v) is 8.44. The summed E-state index contributed by atoms with van der Waals surface area (Å²) in [5.41, 5.74) is 0. The maximum Gasteiger partial charge on any atom is 0.335 e. The number of ether oxygens (including phenoxy) is 5. The first kappa shape index (κ1) is 64.0. The molecule has 1 rings (SSSR count). The number of aliphatic hydroxyl groups is 2. The van der Waals surface area contributed by atoms with Crippen LogP contribution in [0.3, 0.4) is 0 Å². The monoisotopic (exact) mass is 977 g/mol. The van der Waals surface area contributed by atoms with Gasteiger partial charge in [0, 0.05) is 19.3 Å². The van der Waals surface area contributed by atoms with Gasteiger partial charge in [0.25, 0.3) is 0 Å². The second-order valence-corrected chi connectivity index (χ2v) is 19.2. The lowest BCUT2D eigenvalue weighted by Gasteiger charge is -2.40. The Balaban J connectivity index is 2.72. The first-order chi connectivity index (χ1) is 33.6. The largest absolute Gasteiger partial charge is 0.479 e. The van der Waals surface area contributed by atoms with E-state index in [1.165, 1.54) is 109 Å². The van der Waals surface area contributed by atoms with Gasteiger partial charge < -0.3 is 39.0 Å². The Morgan fingerprint density at radius 1 is 0.493 bits per heavy atom. The molecule has 0 aromatic rings. The maximum atomic E-state index is 13.1. The Morgan fingerprint density at radius 2 is 0.913 bits per heavy atom. The van der Waals surface area contributed by atoms with Gasteiger partial charge >= 0.3 is 23.9 Å². The summed E-state index contributed by atoms with van der Waals surface area (Å²) in [6.07, 6.45) is 39.8. The van der Waals surface area contributed by atoms with Crippen LogP contribution in [0.1, 0.15) is 252 Å². The van der Waals surface area contributed by atoms with Crippen molar-refractivity contribution < 1.29 is 58.2 Å². The molecule has 0 aromatic heterocycles. The van der Waals surface area contributed by atoms with Gasteiger partial charge in [0.2, 0.25) is 0 Å². The van der Waals surface area contributed by atoms with E-state index < -0.39 is 67.3 Å². The standard InChI is InChI=1S/C57H100O12/c1-4-7-10-13-16-19-22-25-28-31-34-37-40-43-49(58)65-46-48(67-50(59)44-41-38-35-32-29-26-23-20-17-14-11-8-5-2)47-66-57-55(53(62)52(61)54(69-57)56(63)64)68-51(60)45-42-39-36-33-30-27-24-21-18-15-12-9-6-3/h7,10,16,19,25,28,48,52-55,57,61-62H,4-6,8-9,11-15,17-18,20-24,26-27,29-47H2,1-3H3,(H,63,64)/b10-7-,19-16-,28-25-. The lowest BCUT2D eigenvalue weighted by atomic mass is 9.98. The number of carboxylic acid groups (broad SMARTS) is 1. The number of hydrogen-bond acceptors (Lipinski definition) is 11. The average molecular weight is 977 g/mol. The van der Waals surface area contributed by atoms with Crippen LogP contribution < -0.4 is 0 Å². The van der Waals surface area contributed by atoms with Crippen molar-refractivity contribution >= 4 is 23.9 Å². The van der Waals surface area contributed by atoms with Gasteiger partial charge in [-0.1, -0.05) is 218 Å². The van der Waals surface area contributed by atoms with Crippen LogP contribution in [0, 0.1) is 0 Å². The molecule has 0 bridgehead atoms. The predicted octanol–water partition coefficient (Wildman–Crippen LogP) is 13.7. The van der Waals surface area contributed by atoms with E-state index >= 15 is 0 Å². The molecule has 69 heavy (non-hydrogen) atoms. The van der Waals surface area contributed by atoms with Crippen molar-refractivity contribution in [3.63, 3.8) is 0 Å². The van der Waals surface area contributed by atoms with Crippen molar-refractivity contribution in [2.45, 2.75) is 289 Å². The van der Waals surface area contributed by atoms with E-state index in [0.717, 1.165) is 83.5 Å². The maximum absolute atomic E-state index is 13.1. The van der Waals surface area contributed by atoms with Crippen LogP contribution in [0.15, 0.2) is 36.5 Å². The third kappa shape index (κ3) is 36.5. The lowest BCUT2D eigenvalue weighted by molar-refractivity contribution is -0.301. The molecule has 1 aliphatic rings. The minimum Gasteiger partial charge on any atom is -0.479 e. The molecule has 1 saturated heterocycles. The molecule has 6 atom stereocenters. The number of aliphatic carboxylic acids is 1. The third-order valence-corrected chi connectivity index (χ3v) is 12.7. The molecule has 0 aliphatic carbocycles. The van der Waals surface area contributed by atoms with E-state index in [1.54, 1.807) is 0 Å². The summed E-state index contributed by atoms with van der Waals surface area (Å²) < 4.78 is 28.3. The van der Waals surface area contributed by atoms with Crippen molar-refractivity contribution in [3.8, 4) is 0 Å². The third-order valence-electron chi connectivity index (χ3n) is 12.7. The average Bonchev–Trinajstić information content (AvgIpc) is 3.33. The molecule has 0 radical (unpaired) electrons. The normalized spacial score (nSPS) is 18.9. The summed E-state index contributed by atoms with van der Waals surface area (Å²) >= 11 is 0. The van der Waals surface area contributed by atoms with Crippen LogP contribution >= 0.6 is 0 Å². The Bertz CT molecular complexity index is 1350. The number of aliphatic hydroxyl groups excluding tert-OH is 2. The highest BCUT2D eigenvalue weighted by molar-refractivity contribution is 5.74. The molecule has 1 aliphatic heterocycles. The number of rotatable bonds is 47. The summed E-state index contributed by atoms with van der Waals surface area (Å²) in [7, 11) is 0. The van der Waals surface area contributed by atoms with E-state index in [1.807, 2.05) is 0 Å². The van der Waals surface area contributed by atoms with E-state index in [4.69, 9.17) is 23.7 Å². The Hall–Kier alpha value is -3.06. The summed E-state index contributed by atoms with van der Waals surface area (Å²) in [5.74, 6) is -3.14. The molecule has 6 unspecified atom stereocenters. The van der Waals surface area contributed by atoms with Crippen molar-refractivity contribution in [1.29, 1.82) is 0 Å². The molecule has 3 N–H and O–H groups in total. The first-order valence-corrected chi connectivity index (χ1v) is 28.0. The van der Waals surface area contributed by atoms with Gasteiger partial charge in [0.1, 0.15) is 18.8 Å². The lowest BCUT2D eigenvalue weighted by Crippen LogP contribution is -2.61. The SMILES string of the molecule is CC/C=C\C/C=C\C/C=C\CCCCCC(=O)OCC(COC1OC(C(=O)O)C(O)C(O)C1OC(=O)CCCCCCCCCCCCCCC)OC(=O)CCCCCCCCCCCCCCC. The predicted molar refractivity (Wildman–Crippen MR) is 276 cm³/mol. The molecule has 12 nitrogen and oxygen atoms in total. The van der Waals surface area contributed by atoms with Gasteiger partial charge in [0.05, 0.1) is 6.61 Å². The molecular weight excluding hydrogens is 877 g/mol. The molecule has 12 heteroatoms. The van der Waals surface area contributed by atoms with Crippen LogP contribution in [0.4, 0.5) is 0 Å². The van der Waals surface area contributed by atoms with Gasteiger partial charge in [-0.3, -0.25) is 14.4 Å². The molecule has 1 fully saturated rings. The van der Waals surface area contributed by atoms with Crippen LogP contribution in [0.2, 0.25) is 0 Å². The summed E-state index contributed by atoms with van der Waals surface area (Å²) in [6.45, 7) is 5.85. The quantitative estimate of drug-likeness (QED) is 0.0228. The molecule has 0 saturated carbocycles. The summed E-state index contributed by atoms with van der Waals surface area (Å²) in [5, 5.41) is 31.4. The fraction of sp³-hybridized carbons (Fsp3) is 0.825. The number of hydrogen-bond donors (Lipinski definition) is 3. The Kier molecular flexibility index (Phi) is 42.7. The zero-order valence-corrected chi connectivity index (χ0v) is 43.8. The number of carboxylic acids is 1. The number of carbonyl (C=O) groups is 4. The second kappa shape index (κ2) is 46.0. The number of allylic oxidation sites excluding steroid dienone is 6. The number of esters is 3. The van der Waals surface area contributed by atoms with E-state index in [-0.39, 0.29) is 25.9 Å². The fourth-order valence-electron chi connectivity index (χ4n) is 8.44. The highest BCUT2D eigenvalue weighted by Crippen LogP contribution is 2.26. The smallest absolute Gasteiger partial charge is 0.335 e. The molecule has 0 aromatic carbocycles. The van der Waals surface area contributed by atoms with Crippen LogP contribution in [0.25, 0.3) is 0 Å². The Labute approximate surface area is 419 Å². The van der Waals surface area contributed by atoms with Gasteiger partial charge in [0.15, 0.2) is 24.6 Å².